The largest absolute Gasteiger partial charge is 0.633 e. The van der Waals surface area contributed by atoms with Crippen molar-refractivity contribution < 1.29 is 4.83 Å². The standard InChI is InChI=1S/C12H24NOP/c1-5-12(13(14)15)9-11(4)8-6-7-10(2)3/h7,9,12-13H,5-6,8,15H2,1-4H3/b11-9+. The summed E-state index contributed by atoms with van der Waals surface area (Å²) < 4.78 is 0. The minimum Gasteiger partial charge on any atom is -0.633 e. The molecular weight excluding hydrogens is 205 g/mol. The highest BCUT2D eigenvalue weighted by molar-refractivity contribution is 7.07. The maximum Gasteiger partial charge on any atom is 0.106 e. The van der Waals surface area contributed by atoms with Gasteiger partial charge in [0.05, 0.1) is 9.39 Å². The first-order valence-corrected chi connectivity index (χ1v) is 6.15. The molecule has 0 aromatic carbocycles. The van der Waals surface area contributed by atoms with Crippen LogP contribution in [0.4, 0.5) is 0 Å². The molecule has 3 unspecified atom stereocenters. The van der Waals surface area contributed by atoms with Crippen LogP contribution in [0.1, 0.15) is 47.0 Å². The third-order valence-corrected chi connectivity index (χ3v) is 2.81. The lowest BCUT2D eigenvalue weighted by Gasteiger charge is -2.24. The van der Waals surface area contributed by atoms with E-state index in [1.165, 1.54) is 11.1 Å². The van der Waals surface area contributed by atoms with Crippen LogP contribution in [0, 0.1) is 5.21 Å². The summed E-state index contributed by atoms with van der Waals surface area (Å²) in [6, 6.07) is 0.0849. The van der Waals surface area contributed by atoms with Crippen LogP contribution >= 0.6 is 9.39 Å². The number of quaternary nitrogens is 1. The van der Waals surface area contributed by atoms with Crippen molar-refractivity contribution in [2.24, 2.45) is 0 Å². The van der Waals surface area contributed by atoms with E-state index >= 15 is 0 Å². The monoisotopic (exact) mass is 229 g/mol. The Hall–Kier alpha value is -0.170. The van der Waals surface area contributed by atoms with Gasteiger partial charge in [-0.05, 0) is 39.7 Å². The van der Waals surface area contributed by atoms with Gasteiger partial charge >= 0.3 is 0 Å². The van der Waals surface area contributed by atoms with E-state index in [2.05, 4.69) is 42.3 Å². The molecule has 0 spiro atoms. The summed E-state index contributed by atoms with van der Waals surface area (Å²) in [7, 11) is 2.28. The topological polar surface area (TPSA) is 27.5 Å². The molecule has 0 aromatic rings. The van der Waals surface area contributed by atoms with Crippen molar-refractivity contribution in [2.45, 2.75) is 53.0 Å². The SMILES string of the molecule is CCC(/C=C(\C)CCC=C(C)C)[NH+]([O-])P. The quantitative estimate of drug-likeness (QED) is 0.423. The fraction of sp³-hybridized carbons (Fsp3) is 0.667. The number of hydrogen-bond acceptors (Lipinski definition) is 1. The van der Waals surface area contributed by atoms with Crippen LogP contribution in [0.25, 0.3) is 0 Å². The summed E-state index contributed by atoms with van der Waals surface area (Å²) in [5.41, 5.74) is 2.67. The smallest absolute Gasteiger partial charge is 0.106 e. The van der Waals surface area contributed by atoms with Gasteiger partial charge in [0.15, 0.2) is 0 Å². The molecule has 0 aliphatic rings. The fourth-order valence-corrected chi connectivity index (χ4v) is 1.75. The second kappa shape index (κ2) is 8.04. The summed E-state index contributed by atoms with van der Waals surface area (Å²) in [5, 5.41) is 11.2. The van der Waals surface area contributed by atoms with Crippen molar-refractivity contribution in [1.29, 1.82) is 0 Å². The van der Waals surface area contributed by atoms with Crippen LogP contribution in [0.2, 0.25) is 0 Å². The first-order chi connectivity index (χ1) is 6.97. The molecule has 0 amide bonds. The van der Waals surface area contributed by atoms with Crippen molar-refractivity contribution in [1.82, 2.24) is 0 Å². The van der Waals surface area contributed by atoms with Gasteiger partial charge in [-0.1, -0.05) is 24.1 Å². The first kappa shape index (κ1) is 14.8. The molecule has 2 nitrogen and oxygen atoms in total. The van der Waals surface area contributed by atoms with Crippen LogP contribution in [-0.4, -0.2) is 6.04 Å². The maximum atomic E-state index is 11.2. The van der Waals surface area contributed by atoms with Gasteiger partial charge in [-0.2, -0.15) is 0 Å². The molecular formula is C12H24NOP. The Bertz CT molecular complexity index is 230. The van der Waals surface area contributed by atoms with Crippen molar-refractivity contribution in [3.8, 4) is 0 Å². The molecule has 0 saturated heterocycles. The van der Waals surface area contributed by atoms with Crippen molar-refractivity contribution >= 4 is 9.39 Å². The number of hydrogen-bond donors (Lipinski definition) is 1. The van der Waals surface area contributed by atoms with E-state index < -0.39 is 0 Å². The molecule has 3 heteroatoms. The van der Waals surface area contributed by atoms with Crippen LogP contribution in [0.5, 0.6) is 0 Å². The number of nitrogens with one attached hydrogen (secondary N) is 1. The Labute approximate surface area is 96.3 Å². The highest BCUT2D eigenvalue weighted by Gasteiger charge is 2.05. The molecule has 15 heavy (non-hydrogen) atoms. The third kappa shape index (κ3) is 7.72. The second-order valence-corrected chi connectivity index (χ2v) is 4.82. The number of hydroxylamine groups is 1. The van der Waals surface area contributed by atoms with E-state index in [0.717, 1.165) is 19.3 Å². The molecule has 0 aliphatic heterocycles. The van der Waals surface area contributed by atoms with Gasteiger partial charge in [0.1, 0.15) is 6.04 Å². The minimum atomic E-state index is 0.0849. The molecule has 1 N–H and O–H groups in total. The molecule has 3 atom stereocenters. The normalized spacial score (nSPS) is 16.0. The zero-order valence-electron chi connectivity index (χ0n) is 10.3. The zero-order chi connectivity index (χ0) is 11.8. The third-order valence-electron chi connectivity index (χ3n) is 2.38. The van der Waals surface area contributed by atoms with Gasteiger partial charge in [0.2, 0.25) is 0 Å². The summed E-state index contributed by atoms with van der Waals surface area (Å²) in [6.45, 7) is 8.38. The van der Waals surface area contributed by atoms with Crippen LogP contribution in [0.15, 0.2) is 23.3 Å². The highest BCUT2D eigenvalue weighted by Crippen LogP contribution is 2.08. The second-order valence-electron chi connectivity index (χ2n) is 4.25. The number of rotatable bonds is 6. The predicted molar refractivity (Wildman–Crippen MR) is 70.5 cm³/mol. The van der Waals surface area contributed by atoms with Gasteiger partial charge in [0.25, 0.3) is 0 Å². The molecule has 0 fully saturated rings. The van der Waals surface area contributed by atoms with Crippen molar-refractivity contribution in [3.63, 3.8) is 0 Å². The zero-order valence-corrected chi connectivity index (χ0v) is 11.5. The Kier molecular flexibility index (Phi) is 7.95. The lowest BCUT2D eigenvalue weighted by molar-refractivity contribution is -0.723. The van der Waals surface area contributed by atoms with Crippen LogP contribution in [-0.2, 0) is 0 Å². The molecule has 0 rings (SSSR count). The van der Waals surface area contributed by atoms with Crippen molar-refractivity contribution in [3.05, 3.63) is 28.5 Å². The molecule has 0 aromatic heterocycles. The fourth-order valence-electron chi connectivity index (χ4n) is 1.42. The molecule has 88 valence electrons. The first-order valence-electron chi connectivity index (χ1n) is 5.57. The predicted octanol–water partition coefficient (Wildman–Crippen LogP) is 2.63. The van der Waals surface area contributed by atoms with Gasteiger partial charge in [-0.25, -0.2) is 0 Å². The molecule has 0 bridgehead atoms. The minimum absolute atomic E-state index is 0.0849. The lowest BCUT2D eigenvalue weighted by atomic mass is 10.1. The average Bonchev–Trinajstić information content (AvgIpc) is 2.13. The summed E-state index contributed by atoms with van der Waals surface area (Å²) in [5.74, 6) is 0. The Morgan fingerprint density at radius 2 is 2.00 bits per heavy atom. The average molecular weight is 229 g/mol. The van der Waals surface area contributed by atoms with Crippen LogP contribution in [0.3, 0.4) is 0 Å². The van der Waals surface area contributed by atoms with Crippen LogP contribution < -0.4 is 4.83 Å². The molecule has 0 heterocycles. The molecule has 0 saturated carbocycles. The summed E-state index contributed by atoms with van der Waals surface area (Å²) >= 11 is 0. The Morgan fingerprint density at radius 1 is 1.40 bits per heavy atom. The van der Waals surface area contributed by atoms with Gasteiger partial charge in [-0.15, -0.1) is 0 Å². The van der Waals surface area contributed by atoms with Gasteiger partial charge in [0, 0.05) is 6.42 Å². The summed E-state index contributed by atoms with van der Waals surface area (Å²) in [4.78, 5) is 0.194. The Morgan fingerprint density at radius 3 is 2.40 bits per heavy atom. The number of allylic oxidation sites excluding steroid dienone is 3. The van der Waals surface area contributed by atoms with Crippen molar-refractivity contribution in [2.75, 3.05) is 0 Å². The lowest BCUT2D eigenvalue weighted by Crippen LogP contribution is -3.01. The highest BCUT2D eigenvalue weighted by atomic mass is 31.0. The van der Waals surface area contributed by atoms with E-state index in [4.69, 9.17) is 0 Å². The summed E-state index contributed by atoms with van der Waals surface area (Å²) in [6.07, 6.45) is 7.36. The molecule has 0 aliphatic carbocycles. The van der Waals surface area contributed by atoms with E-state index in [9.17, 15) is 5.21 Å². The van der Waals surface area contributed by atoms with E-state index in [0.29, 0.717) is 0 Å². The van der Waals surface area contributed by atoms with E-state index in [-0.39, 0.29) is 10.9 Å². The van der Waals surface area contributed by atoms with Gasteiger partial charge < -0.3 is 10.0 Å². The van der Waals surface area contributed by atoms with E-state index in [1.54, 1.807) is 0 Å². The van der Waals surface area contributed by atoms with E-state index in [1.807, 2.05) is 6.92 Å². The molecule has 0 radical (unpaired) electrons. The Balaban J connectivity index is 4.11. The van der Waals surface area contributed by atoms with Gasteiger partial charge in [-0.3, -0.25) is 0 Å². The maximum absolute atomic E-state index is 11.2.